The number of anilines is 1. The Balaban J connectivity index is 1.59. The number of hydrogen-bond donors (Lipinski definition) is 0. The van der Waals surface area contributed by atoms with Gasteiger partial charge in [-0.05, 0) is 29.7 Å². The predicted molar refractivity (Wildman–Crippen MR) is 112 cm³/mol. The minimum atomic E-state index is 0.711. The largest absolute Gasteiger partial charge is 0.352 e. The molecule has 1 aliphatic rings. The molecule has 0 saturated carbocycles. The van der Waals surface area contributed by atoms with Crippen LogP contribution in [0.2, 0.25) is 0 Å². The van der Waals surface area contributed by atoms with Crippen molar-refractivity contribution in [3.05, 3.63) is 96.3 Å². The lowest BCUT2D eigenvalue weighted by Gasteiger charge is -2.30. The van der Waals surface area contributed by atoms with Crippen LogP contribution in [-0.4, -0.2) is 21.5 Å². The van der Waals surface area contributed by atoms with E-state index in [-0.39, 0.29) is 0 Å². The second-order valence-electron chi connectivity index (χ2n) is 6.98. The first-order chi connectivity index (χ1) is 13.9. The maximum atomic E-state index is 4.90. The molecule has 4 aromatic rings. The third-order valence-electron chi connectivity index (χ3n) is 5.16. The van der Waals surface area contributed by atoms with Gasteiger partial charge in [0.2, 0.25) is 0 Å². The number of hydrogen-bond acceptors (Lipinski definition) is 4. The molecular formula is C24H20N4. The second-order valence-corrected chi connectivity index (χ2v) is 6.98. The molecule has 0 amide bonds. The van der Waals surface area contributed by atoms with Crippen LogP contribution in [0.4, 0.5) is 5.82 Å². The Kier molecular flexibility index (Phi) is 4.30. The van der Waals surface area contributed by atoms with Gasteiger partial charge in [0, 0.05) is 42.7 Å². The summed E-state index contributed by atoms with van der Waals surface area (Å²) in [6.45, 7) is 1.82. The first-order valence-corrected chi connectivity index (χ1v) is 9.53. The van der Waals surface area contributed by atoms with E-state index >= 15 is 0 Å². The monoisotopic (exact) mass is 364 g/mol. The van der Waals surface area contributed by atoms with Gasteiger partial charge in [-0.2, -0.15) is 0 Å². The zero-order valence-corrected chi connectivity index (χ0v) is 15.5. The third-order valence-corrected chi connectivity index (χ3v) is 5.16. The van der Waals surface area contributed by atoms with Crippen LogP contribution >= 0.6 is 0 Å². The smallest absolute Gasteiger partial charge is 0.163 e. The van der Waals surface area contributed by atoms with Crippen molar-refractivity contribution >= 4 is 5.82 Å². The van der Waals surface area contributed by atoms with Crippen LogP contribution in [0, 0.1) is 0 Å². The predicted octanol–water partition coefficient (Wildman–Crippen LogP) is 4.77. The summed E-state index contributed by atoms with van der Waals surface area (Å²) < 4.78 is 0. The Hall–Kier alpha value is -3.53. The highest BCUT2D eigenvalue weighted by atomic mass is 15.2. The van der Waals surface area contributed by atoms with E-state index in [9.17, 15) is 0 Å². The van der Waals surface area contributed by atoms with Gasteiger partial charge in [0.1, 0.15) is 5.82 Å². The molecule has 0 saturated heterocycles. The molecule has 4 nitrogen and oxygen atoms in total. The van der Waals surface area contributed by atoms with Crippen molar-refractivity contribution in [3.8, 4) is 22.6 Å². The first-order valence-electron chi connectivity index (χ1n) is 9.53. The molecule has 5 rings (SSSR count). The molecule has 2 aromatic heterocycles. The molecule has 28 heavy (non-hydrogen) atoms. The van der Waals surface area contributed by atoms with Crippen LogP contribution < -0.4 is 4.90 Å². The summed E-state index contributed by atoms with van der Waals surface area (Å²) in [5, 5.41) is 0. The minimum Gasteiger partial charge on any atom is -0.352 e. The number of rotatable bonds is 3. The van der Waals surface area contributed by atoms with Crippen molar-refractivity contribution in [2.75, 3.05) is 11.4 Å². The molecule has 0 fully saturated rings. The van der Waals surface area contributed by atoms with E-state index in [1.807, 2.05) is 36.5 Å². The van der Waals surface area contributed by atoms with Crippen LogP contribution in [0.1, 0.15) is 11.1 Å². The van der Waals surface area contributed by atoms with E-state index in [2.05, 4.69) is 52.3 Å². The SMILES string of the molecule is c1ccc(-c2cc(N3CCc4ccccc4C3)nc(-c3cccnc3)n2)cc1. The molecular weight excluding hydrogens is 344 g/mol. The molecule has 3 heterocycles. The van der Waals surface area contributed by atoms with Crippen LogP contribution in [0.3, 0.4) is 0 Å². The van der Waals surface area contributed by atoms with Crippen LogP contribution in [0.5, 0.6) is 0 Å². The Morgan fingerprint density at radius 2 is 1.54 bits per heavy atom. The molecule has 0 radical (unpaired) electrons. The highest BCUT2D eigenvalue weighted by Gasteiger charge is 2.19. The summed E-state index contributed by atoms with van der Waals surface area (Å²) in [6.07, 6.45) is 4.62. The molecule has 0 unspecified atom stereocenters. The van der Waals surface area contributed by atoms with Gasteiger partial charge in [-0.3, -0.25) is 4.98 Å². The normalized spacial score (nSPS) is 13.2. The fourth-order valence-corrected chi connectivity index (χ4v) is 3.67. The average molecular weight is 364 g/mol. The van der Waals surface area contributed by atoms with Gasteiger partial charge in [0.05, 0.1) is 5.69 Å². The van der Waals surface area contributed by atoms with Gasteiger partial charge >= 0.3 is 0 Å². The molecule has 0 aliphatic carbocycles. The zero-order valence-electron chi connectivity index (χ0n) is 15.5. The Bertz CT molecular complexity index is 1040. The quantitative estimate of drug-likeness (QED) is 0.525. The van der Waals surface area contributed by atoms with Gasteiger partial charge in [-0.25, -0.2) is 9.97 Å². The van der Waals surface area contributed by atoms with Gasteiger partial charge < -0.3 is 4.90 Å². The van der Waals surface area contributed by atoms with Crippen LogP contribution in [0.25, 0.3) is 22.6 Å². The Labute approximate surface area is 164 Å². The zero-order chi connectivity index (χ0) is 18.8. The third kappa shape index (κ3) is 3.25. The minimum absolute atomic E-state index is 0.711. The van der Waals surface area contributed by atoms with Crippen molar-refractivity contribution in [1.29, 1.82) is 0 Å². The number of aromatic nitrogens is 3. The highest BCUT2D eigenvalue weighted by Crippen LogP contribution is 2.29. The van der Waals surface area contributed by atoms with Crippen molar-refractivity contribution in [3.63, 3.8) is 0 Å². The molecule has 0 N–H and O–H groups in total. The molecule has 0 spiro atoms. The summed E-state index contributed by atoms with van der Waals surface area (Å²) in [4.78, 5) is 16.3. The van der Waals surface area contributed by atoms with E-state index < -0.39 is 0 Å². The van der Waals surface area contributed by atoms with Crippen molar-refractivity contribution in [1.82, 2.24) is 15.0 Å². The number of pyridine rings is 1. The molecule has 4 heteroatoms. The molecule has 2 aromatic carbocycles. The maximum absolute atomic E-state index is 4.90. The molecule has 1 aliphatic heterocycles. The summed E-state index contributed by atoms with van der Waals surface area (Å²) >= 11 is 0. The first kappa shape index (κ1) is 16.6. The van der Waals surface area contributed by atoms with E-state index in [1.165, 1.54) is 11.1 Å². The van der Waals surface area contributed by atoms with Gasteiger partial charge in [0.25, 0.3) is 0 Å². The van der Waals surface area contributed by atoms with E-state index in [0.717, 1.165) is 42.1 Å². The summed E-state index contributed by atoms with van der Waals surface area (Å²) in [5.41, 5.74) is 5.76. The number of nitrogens with zero attached hydrogens (tertiary/aromatic N) is 4. The van der Waals surface area contributed by atoms with Crippen LogP contribution in [0.15, 0.2) is 85.2 Å². The fourth-order valence-electron chi connectivity index (χ4n) is 3.67. The second kappa shape index (κ2) is 7.24. The lowest BCUT2D eigenvalue weighted by atomic mass is 10.00. The standard InChI is InChI=1S/C24H20N4/c1-2-8-19(9-3-1)22-15-23(27-24(26-22)20-11-6-13-25-16-20)28-14-12-18-7-4-5-10-21(18)17-28/h1-11,13,15-16H,12,14,17H2. The van der Waals surface area contributed by atoms with Gasteiger partial charge in [-0.1, -0.05) is 54.6 Å². The lowest BCUT2D eigenvalue weighted by molar-refractivity contribution is 0.720. The van der Waals surface area contributed by atoms with Crippen molar-refractivity contribution in [2.24, 2.45) is 0 Å². The number of benzene rings is 2. The topological polar surface area (TPSA) is 41.9 Å². The van der Waals surface area contributed by atoms with Crippen LogP contribution in [-0.2, 0) is 13.0 Å². The molecule has 136 valence electrons. The summed E-state index contributed by atoms with van der Waals surface area (Å²) in [7, 11) is 0. The van der Waals surface area contributed by atoms with E-state index in [4.69, 9.17) is 9.97 Å². The van der Waals surface area contributed by atoms with Gasteiger partial charge in [-0.15, -0.1) is 0 Å². The van der Waals surface area contributed by atoms with Crippen molar-refractivity contribution < 1.29 is 0 Å². The van der Waals surface area contributed by atoms with E-state index in [0.29, 0.717) is 5.82 Å². The summed E-state index contributed by atoms with van der Waals surface area (Å²) in [6, 6.07) is 25.0. The molecule has 0 atom stereocenters. The maximum Gasteiger partial charge on any atom is 0.163 e. The van der Waals surface area contributed by atoms with Crippen molar-refractivity contribution in [2.45, 2.75) is 13.0 Å². The Morgan fingerprint density at radius 1 is 0.750 bits per heavy atom. The average Bonchev–Trinajstić information content (AvgIpc) is 2.79. The fraction of sp³-hybridized carbons (Fsp3) is 0.125. The number of fused-ring (bicyclic) bond motifs is 1. The van der Waals surface area contributed by atoms with E-state index in [1.54, 1.807) is 6.20 Å². The van der Waals surface area contributed by atoms with Gasteiger partial charge in [0.15, 0.2) is 5.82 Å². The Morgan fingerprint density at radius 3 is 2.36 bits per heavy atom. The lowest BCUT2D eigenvalue weighted by Crippen LogP contribution is -2.31. The summed E-state index contributed by atoms with van der Waals surface area (Å²) in [5.74, 6) is 1.67. The molecule has 0 bridgehead atoms. The highest BCUT2D eigenvalue weighted by molar-refractivity contribution is 5.67.